The molecule has 0 unspecified atom stereocenters. The molecule has 0 aliphatic heterocycles. The molecule has 4 heteroatoms. The van der Waals surface area contributed by atoms with Crippen LogP contribution in [0.25, 0.3) is 11.3 Å². The zero-order chi connectivity index (χ0) is 15.1. The van der Waals surface area contributed by atoms with Gasteiger partial charge < -0.3 is 20.2 Å². The molecule has 0 bridgehead atoms. The van der Waals surface area contributed by atoms with Crippen molar-refractivity contribution in [2.24, 2.45) is 0 Å². The molecular weight excluding hydrogens is 264 g/mol. The summed E-state index contributed by atoms with van der Waals surface area (Å²) < 4.78 is 5.88. The van der Waals surface area contributed by atoms with Crippen molar-refractivity contribution in [3.05, 3.63) is 47.7 Å². The van der Waals surface area contributed by atoms with Crippen LogP contribution in [0.15, 0.2) is 40.8 Å². The third-order valence-electron chi connectivity index (χ3n) is 3.59. The quantitative estimate of drug-likeness (QED) is 0.625. The second kappa shape index (κ2) is 7.98. The van der Waals surface area contributed by atoms with E-state index in [4.69, 9.17) is 4.42 Å². The maximum Gasteiger partial charge on any atom is 0.158 e. The number of quaternary nitrogens is 2. The summed E-state index contributed by atoms with van der Waals surface area (Å²) in [6.07, 6.45) is 0.784. The minimum Gasteiger partial charge on any atom is -0.455 e. The van der Waals surface area contributed by atoms with Crippen molar-refractivity contribution in [1.82, 2.24) is 0 Å². The van der Waals surface area contributed by atoms with Gasteiger partial charge >= 0.3 is 0 Å². The number of hydrogen-bond donors (Lipinski definition) is 3. The molecule has 0 amide bonds. The highest BCUT2D eigenvalue weighted by Crippen LogP contribution is 2.23. The predicted octanol–water partition coefficient (Wildman–Crippen LogP) is 0.647. The molecule has 0 aliphatic rings. The van der Waals surface area contributed by atoms with E-state index in [0.717, 1.165) is 35.7 Å². The Kier molecular flexibility index (Phi) is 5.99. The fourth-order valence-electron chi connectivity index (χ4n) is 2.28. The van der Waals surface area contributed by atoms with Gasteiger partial charge in [-0.15, -0.1) is 0 Å². The minimum absolute atomic E-state index is 0.429. The standard InChI is InChI=1S/C17H24N2O2/c1-13(20)14-4-6-15(7-5-14)17-9-8-16(21-17)12-19-11-3-10-18-2/h4-9,13,18-20H,3,10-12H2,1-2H3/p+2/t13-/m0/s1. The third-order valence-corrected chi connectivity index (χ3v) is 3.59. The van der Waals surface area contributed by atoms with Gasteiger partial charge in [0.15, 0.2) is 5.76 Å². The van der Waals surface area contributed by atoms with Gasteiger partial charge in [0.2, 0.25) is 0 Å². The SMILES string of the molecule is C[NH2+]CCC[NH2+]Cc1ccc(-c2ccc([C@H](C)O)cc2)o1. The lowest BCUT2D eigenvalue weighted by Gasteiger charge is -2.04. The minimum atomic E-state index is -0.429. The highest BCUT2D eigenvalue weighted by Gasteiger charge is 2.07. The molecule has 1 atom stereocenters. The van der Waals surface area contributed by atoms with Crippen LogP contribution in [0.3, 0.4) is 0 Å². The predicted molar refractivity (Wildman–Crippen MR) is 82.6 cm³/mol. The van der Waals surface area contributed by atoms with Crippen LogP contribution < -0.4 is 10.6 Å². The van der Waals surface area contributed by atoms with Crippen molar-refractivity contribution >= 4 is 0 Å². The van der Waals surface area contributed by atoms with Crippen molar-refractivity contribution in [2.75, 3.05) is 20.1 Å². The molecule has 0 aliphatic carbocycles. The summed E-state index contributed by atoms with van der Waals surface area (Å²) in [6, 6.07) is 11.9. The van der Waals surface area contributed by atoms with E-state index >= 15 is 0 Å². The number of aliphatic hydroxyl groups is 1. The molecule has 1 heterocycles. The molecule has 0 saturated heterocycles. The summed E-state index contributed by atoms with van der Waals surface area (Å²) in [7, 11) is 2.10. The summed E-state index contributed by atoms with van der Waals surface area (Å²) in [6.45, 7) is 4.96. The summed E-state index contributed by atoms with van der Waals surface area (Å²) in [5.74, 6) is 1.89. The Morgan fingerprint density at radius 2 is 1.86 bits per heavy atom. The van der Waals surface area contributed by atoms with E-state index in [1.54, 1.807) is 6.92 Å². The van der Waals surface area contributed by atoms with Crippen molar-refractivity contribution in [3.8, 4) is 11.3 Å². The molecule has 5 N–H and O–H groups in total. The molecule has 0 saturated carbocycles. The van der Waals surface area contributed by atoms with Gasteiger partial charge in [0, 0.05) is 12.0 Å². The topological polar surface area (TPSA) is 66.6 Å². The molecular formula is C17H26N2O2+2. The summed E-state index contributed by atoms with van der Waals surface area (Å²) in [5.41, 5.74) is 1.97. The normalized spacial score (nSPS) is 12.5. The Labute approximate surface area is 126 Å². The number of nitrogens with two attached hydrogens (primary N) is 2. The molecule has 0 radical (unpaired) electrons. The van der Waals surface area contributed by atoms with Crippen LogP contribution in [0, 0.1) is 0 Å². The van der Waals surface area contributed by atoms with E-state index < -0.39 is 6.10 Å². The largest absolute Gasteiger partial charge is 0.455 e. The fraction of sp³-hybridized carbons (Fsp3) is 0.412. The van der Waals surface area contributed by atoms with Gasteiger partial charge in [0.25, 0.3) is 0 Å². The van der Waals surface area contributed by atoms with Crippen LogP contribution in [0.1, 0.15) is 30.8 Å². The van der Waals surface area contributed by atoms with Crippen molar-refractivity contribution in [1.29, 1.82) is 0 Å². The lowest BCUT2D eigenvalue weighted by molar-refractivity contribution is -0.683. The first-order valence-corrected chi connectivity index (χ1v) is 7.67. The second-order valence-corrected chi connectivity index (χ2v) is 5.40. The number of aliphatic hydroxyl groups excluding tert-OH is 1. The Morgan fingerprint density at radius 3 is 2.52 bits per heavy atom. The summed E-state index contributed by atoms with van der Waals surface area (Å²) >= 11 is 0. The average Bonchev–Trinajstić information content (AvgIpc) is 2.96. The van der Waals surface area contributed by atoms with E-state index in [2.05, 4.69) is 17.7 Å². The summed E-state index contributed by atoms with van der Waals surface area (Å²) in [4.78, 5) is 0. The van der Waals surface area contributed by atoms with Crippen LogP contribution >= 0.6 is 0 Å². The van der Waals surface area contributed by atoms with Crippen LogP contribution in [0.4, 0.5) is 0 Å². The highest BCUT2D eigenvalue weighted by atomic mass is 16.3. The first-order valence-electron chi connectivity index (χ1n) is 7.67. The number of hydrogen-bond acceptors (Lipinski definition) is 2. The van der Waals surface area contributed by atoms with Crippen LogP contribution in [0.2, 0.25) is 0 Å². The van der Waals surface area contributed by atoms with Crippen molar-refractivity contribution in [3.63, 3.8) is 0 Å². The Morgan fingerprint density at radius 1 is 1.10 bits per heavy atom. The van der Waals surface area contributed by atoms with E-state index in [9.17, 15) is 5.11 Å². The lowest BCUT2D eigenvalue weighted by Crippen LogP contribution is -2.85. The van der Waals surface area contributed by atoms with Gasteiger partial charge in [-0.3, -0.25) is 0 Å². The van der Waals surface area contributed by atoms with Gasteiger partial charge in [-0.2, -0.15) is 0 Å². The highest BCUT2D eigenvalue weighted by molar-refractivity contribution is 5.58. The molecule has 0 fully saturated rings. The van der Waals surface area contributed by atoms with E-state index in [1.165, 1.54) is 13.0 Å². The van der Waals surface area contributed by atoms with Crippen LogP contribution in [0.5, 0.6) is 0 Å². The van der Waals surface area contributed by atoms with Crippen molar-refractivity contribution in [2.45, 2.75) is 26.0 Å². The smallest absolute Gasteiger partial charge is 0.158 e. The second-order valence-electron chi connectivity index (χ2n) is 5.40. The molecule has 1 aromatic carbocycles. The Balaban J connectivity index is 1.90. The maximum atomic E-state index is 9.52. The summed E-state index contributed by atoms with van der Waals surface area (Å²) in [5, 5.41) is 14.0. The number of furan rings is 1. The molecule has 1 aromatic heterocycles. The van der Waals surface area contributed by atoms with E-state index in [-0.39, 0.29) is 0 Å². The zero-order valence-electron chi connectivity index (χ0n) is 12.9. The average molecular weight is 290 g/mol. The van der Waals surface area contributed by atoms with Gasteiger partial charge in [-0.05, 0) is 24.6 Å². The van der Waals surface area contributed by atoms with E-state index in [1.807, 2.05) is 36.4 Å². The van der Waals surface area contributed by atoms with Gasteiger partial charge in [0.1, 0.15) is 12.3 Å². The van der Waals surface area contributed by atoms with Gasteiger partial charge in [-0.25, -0.2) is 0 Å². The molecule has 21 heavy (non-hydrogen) atoms. The molecule has 0 spiro atoms. The van der Waals surface area contributed by atoms with E-state index in [0.29, 0.717) is 0 Å². The fourth-order valence-corrected chi connectivity index (χ4v) is 2.28. The molecule has 4 nitrogen and oxygen atoms in total. The maximum absolute atomic E-state index is 9.52. The van der Waals surface area contributed by atoms with Gasteiger partial charge in [-0.1, -0.05) is 24.3 Å². The van der Waals surface area contributed by atoms with Gasteiger partial charge in [0.05, 0.1) is 26.2 Å². The van der Waals surface area contributed by atoms with Crippen LogP contribution in [-0.2, 0) is 6.54 Å². The monoisotopic (exact) mass is 290 g/mol. The Bertz CT molecular complexity index is 532. The number of benzene rings is 1. The molecule has 114 valence electrons. The molecule has 2 aromatic rings. The first kappa shape index (κ1) is 15.8. The Hall–Kier alpha value is -1.62. The number of rotatable bonds is 8. The molecule has 2 rings (SSSR count). The zero-order valence-corrected chi connectivity index (χ0v) is 12.9. The van der Waals surface area contributed by atoms with Crippen molar-refractivity contribution < 1.29 is 20.2 Å². The third kappa shape index (κ3) is 4.70. The lowest BCUT2D eigenvalue weighted by atomic mass is 10.1. The first-order chi connectivity index (χ1) is 10.2. The van der Waals surface area contributed by atoms with Crippen LogP contribution in [-0.4, -0.2) is 25.2 Å².